The zero-order valence-electron chi connectivity index (χ0n) is 24.2. The second-order valence-electron chi connectivity index (χ2n) is 10.8. The first-order valence-electron chi connectivity index (χ1n) is 14.8. The van der Waals surface area contributed by atoms with Crippen LogP contribution in [0, 0.1) is 0 Å². The Hall–Kier alpha value is -5.08. The fraction of sp³-hybridized carbons (Fsp3) is 0.100. The first-order valence-corrected chi connectivity index (χ1v) is 14.8. The monoisotopic (exact) mass is 542 g/mol. The molecule has 0 amide bonds. The zero-order chi connectivity index (χ0) is 28.5. The van der Waals surface area contributed by atoms with Gasteiger partial charge in [0.25, 0.3) is 0 Å². The van der Waals surface area contributed by atoms with Crippen molar-refractivity contribution < 1.29 is 0 Å². The highest BCUT2D eigenvalue weighted by molar-refractivity contribution is 5.85. The molecule has 0 saturated heterocycles. The molecule has 3 aliphatic rings. The topological polar surface area (TPSA) is 6.48 Å². The largest absolute Gasteiger partial charge is 0.313 e. The molecule has 0 bridgehead atoms. The van der Waals surface area contributed by atoms with E-state index in [-0.39, 0.29) is 0 Å². The summed E-state index contributed by atoms with van der Waals surface area (Å²) in [6.45, 7) is 4.22. The highest BCUT2D eigenvalue weighted by Gasteiger charge is 2.23. The molecular formula is C40H34N2. The number of fused-ring (bicyclic) bond motifs is 2. The Balaban J connectivity index is 1.23. The van der Waals surface area contributed by atoms with Crippen LogP contribution in [0.15, 0.2) is 156 Å². The molecule has 0 unspecified atom stereocenters. The van der Waals surface area contributed by atoms with E-state index in [1.807, 2.05) is 0 Å². The third-order valence-corrected chi connectivity index (χ3v) is 8.39. The molecule has 0 spiro atoms. The van der Waals surface area contributed by atoms with Crippen molar-refractivity contribution in [3.05, 3.63) is 167 Å². The SMILES string of the molecule is C/C=C1/C=Cc2ccccc2N(c2ccc(-c3ccc(N4C5=C(C=CCC5)C=Cc5ccccc54)cc3)cc2)/C1=C/C. The Morgan fingerprint density at radius 3 is 1.74 bits per heavy atom. The van der Waals surface area contributed by atoms with Crippen LogP contribution in [-0.4, -0.2) is 0 Å². The Morgan fingerprint density at radius 1 is 0.548 bits per heavy atom. The van der Waals surface area contributed by atoms with Crippen molar-refractivity contribution in [2.24, 2.45) is 0 Å². The lowest BCUT2D eigenvalue weighted by Gasteiger charge is -2.30. The minimum absolute atomic E-state index is 1.03. The molecule has 0 saturated carbocycles. The standard InChI is InChI=1S/C40H34N2/c1-3-29-17-18-32-11-5-8-14-38(32)41(37(29)4-2)35-25-21-30(22-26-35)31-23-27-36(28-24-31)42-39-15-9-6-12-33(39)19-20-34-13-7-10-16-40(34)42/h3-9,11-15,17-28H,10,16H2,1-2H3/b29-3-,37-4+. The van der Waals surface area contributed by atoms with E-state index in [9.17, 15) is 0 Å². The maximum Gasteiger partial charge on any atom is 0.0534 e. The Kier molecular flexibility index (Phi) is 6.81. The van der Waals surface area contributed by atoms with Crippen molar-refractivity contribution in [1.82, 2.24) is 0 Å². The summed E-state index contributed by atoms with van der Waals surface area (Å²) in [4.78, 5) is 4.82. The van der Waals surface area contributed by atoms with Gasteiger partial charge in [-0.15, -0.1) is 0 Å². The van der Waals surface area contributed by atoms with Gasteiger partial charge in [0, 0.05) is 22.8 Å². The van der Waals surface area contributed by atoms with Crippen LogP contribution in [0.4, 0.5) is 22.7 Å². The zero-order valence-corrected chi connectivity index (χ0v) is 24.2. The molecule has 4 aromatic rings. The molecular weight excluding hydrogens is 508 g/mol. The smallest absolute Gasteiger partial charge is 0.0534 e. The van der Waals surface area contributed by atoms with Gasteiger partial charge < -0.3 is 9.80 Å². The molecule has 42 heavy (non-hydrogen) atoms. The predicted molar refractivity (Wildman–Crippen MR) is 180 cm³/mol. The lowest BCUT2D eigenvalue weighted by molar-refractivity contribution is 0.907. The van der Waals surface area contributed by atoms with E-state index in [2.05, 4.69) is 169 Å². The quantitative estimate of drug-likeness (QED) is 0.254. The van der Waals surface area contributed by atoms with E-state index in [1.165, 1.54) is 61.9 Å². The first-order chi connectivity index (χ1) is 20.7. The van der Waals surface area contributed by atoms with E-state index in [0.29, 0.717) is 0 Å². The van der Waals surface area contributed by atoms with Crippen molar-refractivity contribution in [1.29, 1.82) is 0 Å². The molecule has 0 N–H and O–H groups in total. The number of hydrogen-bond acceptors (Lipinski definition) is 2. The van der Waals surface area contributed by atoms with Crippen LogP contribution in [-0.2, 0) is 0 Å². The van der Waals surface area contributed by atoms with Crippen LogP contribution >= 0.6 is 0 Å². The summed E-state index contributed by atoms with van der Waals surface area (Å²) in [5.74, 6) is 0. The van der Waals surface area contributed by atoms with Crippen molar-refractivity contribution in [2.45, 2.75) is 26.7 Å². The molecule has 2 aliphatic heterocycles. The summed E-state index contributed by atoms with van der Waals surface area (Å²) in [5, 5.41) is 0. The van der Waals surface area contributed by atoms with Gasteiger partial charge in [0.1, 0.15) is 0 Å². The van der Waals surface area contributed by atoms with Gasteiger partial charge in [-0.25, -0.2) is 0 Å². The summed E-state index contributed by atoms with van der Waals surface area (Å²) in [5.41, 5.74) is 14.7. The van der Waals surface area contributed by atoms with E-state index in [1.54, 1.807) is 0 Å². The van der Waals surface area contributed by atoms with Crippen LogP contribution in [0.2, 0.25) is 0 Å². The van der Waals surface area contributed by atoms with E-state index in [4.69, 9.17) is 0 Å². The fourth-order valence-electron chi connectivity index (χ4n) is 6.30. The van der Waals surface area contributed by atoms with Crippen molar-refractivity contribution >= 4 is 34.9 Å². The Morgan fingerprint density at radius 2 is 1.12 bits per heavy atom. The maximum atomic E-state index is 2.45. The third-order valence-electron chi connectivity index (χ3n) is 8.39. The summed E-state index contributed by atoms with van der Waals surface area (Å²) in [6.07, 6.45) is 20.0. The number of para-hydroxylation sites is 2. The van der Waals surface area contributed by atoms with E-state index < -0.39 is 0 Å². The number of hydrogen-bond donors (Lipinski definition) is 0. The number of benzene rings is 4. The van der Waals surface area contributed by atoms with Gasteiger partial charge in [0.2, 0.25) is 0 Å². The molecule has 7 rings (SSSR count). The lowest BCUT2D eigenvalue weighted by Crippen LogP contribution is -2.19. The van der Waals surface area contributed by atoms with Gasteiger partial charge in [0.15, 0.2) is 0 Å². The fourth-order valence-corrected chi connectivity index (χ4v) is 6.30. The van der Waals surface area contributed by atoms with Crippen LogP contribution in [0.3, 0.4) is 0 Å². The van der Waals surface area contributed by atoms with Crippen LogP contribution < -0.4 is 9.80 Å². The van der Waals surface area contributed by atoms with E-state index >= 15 is 0 Å². The van der Waals surface area contributed by atoms with Crippen LogP contribution in [0.5, 0.6) is 0 Å². The molecule has 0 atom stereocenters. The van der Waals surface area contributed by atoms with Gasteiger partial charge in [-0.05, 0) is 96.5 Å². The first kappa shape index (κ1) is 25.9. The minimum atomic E-state index is 1.03. The second-order valence-corrected chi connectivity index (χ2v) is 10.8. The molecule has 4 aromatic carbocycles. The van der Waals surface area contributed by atoms with Gasteiger partial charge in [-0.3, -0.25) is 0 Å². The van der Waals surface area contributed by atoms with Gasteiger partial charge in [-0.2, -0.15) is 0 Å². The Bertz CT molecular complexity index is 1830. The highest BCUT2D eigenvalue weighted by Crippen LogP contribution is 2.42. The van der Waals surface area contributed by atoms with Gasteiger partial charge >= 0.3 is 0 Å². The predicted octanol–water partition coefficient (Wildman–Crippen LogP) is 11.1. The van der Waals surface area contributed by atoms with Gasteiger partial charge in [-0.1, -0.05) is 109 Å². The second kappa shape index (κ2) is 11.1. The van der Waals surface area contributed by atoms with Crippen molar-refractivity contribution in [3.8, 4) is 11.1 Å². The summed E-state index contributed by atoms with van der Waals surface area (Å²) in [6, 6.07) is 35.3. The normalized spacial score (nSPS) is 17.7. The number of anilines is 4. The summed E-state index contributed by atoms with van der Waals surface area (Å²) >= 11 is 0. The molecule has 2 nitrogen and oxygen atoms in total. The lowest BCUT2D eigenvalue weighted by atomic mass is 10.0. The molecule has 204 valence electrons. The molecule has 0 aromatic heterocycles. The van der Waals surface area contributed by atoms with Crippen LogP contribution in [0.1, 0.15) is 37.8 Å². The average molecular weight is 543 g/mol. The molecule has 2 heterocycles. The summed E-state index contributed by atoms with van der Waals surface area (Å²) < 4.78 is 0. The van der Waals surface area contributed by atoms with Gasteiger partial charge in [0.05, 0.1) is 11.4 Å². The summed E-state index contributed by atoms with van der Waals surface area (Å²) in [7, 11) is 0. The number of allylic oxidation sites excluding steroid dienone is 8. The van der Waals surface area contributed by atoms with Crippen LogP contribution in [0.25, 0.3) is 23.3 Å². The number of rotatable bonds is 3. The van der Waals surface area contributed by atoms with Crippen molar-refractivity contribution in [3.63, 3.8) is 0 Å². The highest BCUT2D eigenvalue weighted by atomic mass is 15.2. The maximum absolute atomic E-state index is 2.45. The van der Waals surface area contributed by atoms with E-state index in [0.717, 1.165) is 18.5 Å². The molecule has 1 aliphatic carbocycles. The molecule has 0 fully saturated rings. The number of nitrogens with zero attached hydrogens (tertiary/aromatic N) is 2. The minimum Gasteiger partial charge on any atom is -0.313 e. The Labute approximate surface area is 249 Å². The molecule has 0 radical (unpaired) electrons. The molecule has 2 heteroatoms. The third kappa shape index (κ3) is 4.55. The van der Waals surface area contributed by atoms with Crippen molar-refractivity contribution in [2.75, 3.05) is 9.80 Å². The average Bonchev–Trinajstić information content (AvgIpc) is 3.33.